The first-order valence-corrected chi connectivity index (χ1v) is 6.65. The molecule has 19 heavy (non-hydrogen) atoms. The second-order valence-electron chi connectivity index (χ2n) is 4.86. The van der Waals surface area contributed by atoms with Crippen LogP contribution >= 0.6 is 11.6 Å². The number of benzene rings is 1. The molecule has 2 aromatic rings. The van der Waals surface area contributed by atoms with Crippen LogP contribution in [0.4, 0.5) is 0 Å². The minimum atomic E-state index is -0.153. The van der Waals surface area contributed by atoms with E-state index in [-0.39, 0.29) is 5.38 Å². The maximum absolute atomic E-state index is 9.01. The lowest BCUT2D eigenvalue weighted by Gasteiger charge is -2.14. The van der Waals surface area contributed by atoms with Gasteiger partial charge >= 0.3 is 0 Å². The zero-order valence-corrected chi connectivity index (χ0v) is 12.1. The van der Waals surface area contributed by atoms with Crippen LogP contribution in [0.25, 0.3) is 11.0 Å². The number of imidazole rings is 1. The Morgan fingerprint density at radius 1 is 1.47 bits per heavy atom. The van der Waals surface area contributed by atoms with Gasteiger partial charge in [0.15, 0.2) is 0 Å². The van der Waals surface area contributed by atoms with Crippen molar-refractivity contribution in [3.8, 4) is 6.07 Å². The Morgan fingerprint density at radius 2 is 2.21 bits per heavy atom. The van der Waals surface area contributed by atoms with E-state index in [0.29, 0.717) is 5.56 Å². The fraction of sp³-hybridized carbons (Fsp3) is 0.429. The molecule has 0 spiro atoms. The molecule has 2 rings (SSSR count). The molecule has 5 heteroatoms. The first-order valence-electron chi connectivity index (χ1n) is 6.22. The van der Waals surface area contributed by atoms with Gasteiger partial charge in [0.05, 0.1) is 28.0 Å². The summed E-state index contributed by atoms with van der Waals surface area (Å²) in [6.07, 6.45) is 0. The van der Waals surface area contributed by atoms with E-state index in [9.17, 15) is 0 Å². The van der Waals surface area contributed by atoms with Crippen molar-refractivity contribution in [2.75, 3.05) is 20.6 Å². The monoisotopic (exact) mass is 276 g/mol. The summed E-state index contributed by atoms with van der Waals surface area (Å²) in [5.74, 6) is 0.855. The van der Waals surface area contributed by atoms with Crippen molar-refractivity contribution in [2.45, 2.75) is 18.8 Å². The standard InChI is InChI=1S/C14H17ClN4/c1-10(15)14-17-12-5-4-11(9-16)8-13(12)19(14)7-6-18(2)3/h4-5,8,10H,6-7H2,1-3H3. The average Bonchev–Trinajstić information content (AvgIpc) is 2.74. The van der Waals surface area contributed by atoms with Crippen molar-refractivity contribution in [3.63, 3.8) is 0 Å². The van der Waals surface area contributed by atoms with Gasteiger partial charge < -0.3 is 9.47 Å². The Balaban J connectivity index is 2.54. The van der Waals surface area contributed by atoms with Gasteiger partial charge in [-0.2, -0.15) is 5.26 Å². The Labute approximate surface area is 118 Å². The highest BCUT2D eigenvalue weighted by atomic mass is 35.5. The molecule has 0 saturated heterocycles. The number of fused-ring (bicyclic) bond motifs is 1. The van der Waals surface area contributed by atoms with E-state index < -0.39 is 0 Å². The van der Waals surface area contributed by atoms with Crippen molar-refractivity contribution in [2.24, 2.45) is 0 Å². The highest BCUT2D eigenvalue weighted by Gasteiger charge is 2.15. The maximum atomic E-state index is 9.01. The van der Waals surface area contributed by atoms with E-state index in [4.69, 9.17) is 16.9 Å². The summed E-state index contributed by atoms with van der Waals surface area (Å²) in [5.41, 5.74) is 2.51. The molecule has 100 valence electrons. The van der Waals surface area contributed by atoms with Gasteiger partial charge in [-0.05, 0) is 39.2 Å². The summed E-state index contributed by atoms with van der Waals surface area (Å²) in [6.45, 7) is 3.63. The van der Waals surface area contributed by atoms with Gasteiger partial charge in [0.1, 0.15) is 5.82 Å². The van der Waals surface area contributed by atoms with Crippen LogP contribution in [0.3, 0.4) is 0 Å². The lowest BCUT2D eigenvalue weighted by molar-refractivity contribution is 0.383. The number of alkyl halides is 1. The van der Waals surface area contributed by atoms with Gasteiger partial charge in [-0.15, -0.1) is 11.6 Å². The minimum absolute atomic E-state index is 0.153. The highest BCUT2D eigenvalue weighted by Crippen LogP contribution is 2.25. The largest absolute Gasteiger partial charge is 0.325 e. The smallest absolute Gasteiger partial charge is 0.127 e. The van der Waals surface area contributed by atoms with Crippen LogP contribution in [0.15, 0.2) is 18.2 Å². The Hall–Kier alpha value is -1.57. The molecule has 1 heterocycles. The van der Waals surface area contributed by atoms with E-state index in [1.54, 1.807) is 6.07 Å². The number of nitriles is 1. The molecule has 1 atom stereocenters. The van der Waals surface area contributed by atoms with Gasteiger partial charge in [0.2, 0.25) is 0 Å². The van der Waals surface area contributed by atoms with E-state index in [2.05, 4.69) is 20.5 Å². The molecule has 0 saturated carbocycles. The second-order valence-corrected chi connectivity index (χ2v) is 5.51. The van der Waals surface area contributed by atoms with Gasteiger partial charge in [-0.1, -0.05) is 0 Å². The summed E-state index contributed by atoms with van der Waals surface area (Å²) in [7, 11) is 4.06. The predicted molar refractivity (Wildman–Crippen MR) is 77.3 cm³/mol. The van der Waals surface area contributed by atoms with E-state index in [0.717, 1.165) is 29.9 Å². The number of likely N-dealkylation sites (N-methyl/N-ethyl adjacent to an activating group) is 1. The summed E-state index contributed by atoms with van der Waals surface area (Å²) < 4.78 is 2.10. The maximum Gasteiger partial charge on any atom is 0.127 e. The molecule has 0 aliphatic rings. The van der Waals surface area contributed by atoms with Crippen LogP contribution in [-0.2, 0) is 6.54 Å². The molecule has 4 nitrogen and oxygen atoms in total. The predicted octanol–water partition coefficient (Wildman–Crippen LogP) is 2.77. The van der Waals surface area contributed by atoms with Crippen LogP contribution in [0.5, 0.6) is 0 Å². The van der Waals surface area contributed by atoms with Gasteiger partial charge in [-0.25, -0.2) is 4.98 Å². The number of nitrogens with zero attached hydrogens (tertiary/aromatic N) is 4. The van der Waals surface area contributed by atoms with E-state index in [1.807, 2.05) is 33.2 Å². The molecule has 0 fully saturated rings. The molecule has 1 aromatic heterocycles. The number of aromatic nitrogens is 2. The fourth-order valence-corrected chi connectivity index (χ4v) is 2.22. The van der Waals surface area contributed by atoms with Gasteiger partial charge in [0.25, 0.3) is 0 Å². The molecule has 0 aliphatic carbocycles. The van der Waals surface area contributed by atoms with Crippen molar-refractivity contribution < 1.29 is 0 Å². The topological polar surface area (TPSA) is 44.9 Å². The van der Waals surface area contributed by atoms with Crippen LogP contribution in [0.1, 0.15) is 23.7 Å². The summed E-state index contributed by atoms with van der Waals surface area (Å²) in [4.78, 5) is 6.68. The number of hydrogen-bond donors (Lipinski definition) is 0. The SMILES string of the molecule is CC(Cl)c1nc2ccc(C#N)cc2n1CCN(C)C. The lowest BCUT2D eigenvalue weighted by Crippen LogP contribution is -2.19. The molecule has 0 N–H and O–H groups in total. The Morgan fingerprint density at radius 3 is 2.79 bits per heavy atom. The molecule has 0 amide bonds. The van der Waals surface area contributed by atoms with Crippen LogP contribution in [-0.4, -0.2) is 35.1 Å². The molecule has 0 bridgehead atoms. The van der Waals surface area contributed by atoms with Crippen molar-refractivity contribution >= 4 is 22.6 Å². The zero-order chi connectivity index (χ0) is 14.0. The quantitative estimate of drug-likeness (QED) is 0.807. The average molecular weight is 277 g/mol. The third kappa shape index (κ3) is 2.89. The summed E-state index contributed by atoms with van der Waals surface area (Å²) in [5, 5.41) is 8.86. The van der Waals surface area contributed by atoms with Crippen molar-refractivity contribution in [1.82, 2.24) is 14.5 Å². The first-order chi connectivity index (χ1) is 9.02. The molecular weight excluding hydrogens is 260 g/mol. The normalized spacial score (nSPS) is 12.8. The Bertz CT molecular complexity index is 622. The van der Waals surface area contributed by atoms with E-state index >= 15 is 0 Å². The van der Waals surface area contributed by atoms with E-state index in [1.165, 1.54) is 0 Å². The third-order valence-corrected chi connectivity index (χ3v) is 3.23. The number of rotatable bonds is 4. The number of halogens is 1. The van der Waals surface area contributed by atoms with Crippen molar-refractivity contribution in [1.29, 1.82) is 5.26 Å². The molecule has 0 radical (unpaired) electrons. The number of hydrogen-bond acceptors (Lipinski definition) is 3. The van der Waals surface area contributed by atoms with Gasteiger partial charge in [0, 0.05) is 13.1 Å². The minimum Gasteiger partial charge on any atom is -0.325 e. The van der Waals surface area contributed by atoms with Crippen LogP contribution < -0.4 is 0 Å². The molecule has 1 aromatic carbocycles. The lowest BCUT2D eigenvalue weighted by atomic mass is 10.2. The summed E-state index contributed by atoms with van der Waals surface area (Å²) >= 11 is 6.21. The summed E-state index contributed by atoms with van der Waals surface area (Å²) in [6, 6.07) is 7.70. The van der Waals surface area contributed by atoms with Crippen LogP contribution in [0.2, 0.25) is 0 Å². The second kappa shape index (κ2) is 5.60. The zero-order valence-electron chi connectivity index (χ0n) is 11.4. The van der Waals surface area contributed by atoms with Crippen molar-refractivity contribution in [3.05, 3.63) is 29.6 Å². The fourth-order valence-electron chi connectivity index (χ4n) is 2.05. The third-order valence-electron chi connectivity index (χ3n) is 3.03. The van der Waals surface area contributed by atoms with Gasteiger partial charge in [-0.3, -0.25) is 0 Å². The highest BCUT2D eigenvalue weighted by molar-refractivity contribution is 6.20. The van der Waals surface area contributed by atoms with Crippen LogP contribution in [0, 0.1) is 11.3 Å². The first kappa shape index (κ1) is 13.9. The molecule has 1 unspecified atom stereocenters. The molecular formula is C14H17ClN4. The Kier molecular flexibility index (Phi) is 4.08. The molecule has 0 aliphatic heterocycles.